The van der Waals surface area contributed by atoms with Gasteiger partial charge in [0.25, 0.3) is 0 Å². The number of hydrogen-bond donors (Lipinski definition) is 3. The number of aryl methyl sites for hydroxylation is 3. The first-order valence-electron chi connectivity index (χ1n) is 10.0. The third kappa shape index (κ3) is 4.36. The van der Waals surface area contributed by atoms with Crippen molar-refractivity contribution in [2.75, 3.05) is 0 Å². The maximum absolute atomic E-state index is 11.4. The van der Waals surface area contributed by atoms with Crippen molar-refractivity contribution in [2.45, 2.75) is 25.7 Å². The van der Waals surface area contributed by atoms with E-state index in [4.69, 9.17) is 5.21 Å². The van der Waals surface area contributed by atoms with Gasteiger partial charge in [0.2, 0.25) is 5.91 Å². The molecule has 0 saturated carbocycles. The van der Waals surface area contributed by atoms with E-state index in [1.807, 2.05) is 24.3 Å². The summed E-state index contributed by atoms with van der Waals surface area (Å²) < 4.78 is 2.14. The molecule has 4 rings (SSSR count). The molecular weight excluding hydrogens is 376 g/mol. The third-order valence-electron chi connectivity index (χ3n) is 5.37. The van der Waals surface area contributed by atoms with Crippen molar-refractivity contribution >= 4 is 16.8 Å². The molecule has 1 heterocycles. The molecule has 0 aliphatic carbocycles. The fourth-order valence-corrected chi connectivity index (χ4v) is 3.76. The topological polar surface area (TPSA) is 74.5 Å². The molecule has 1 aromatic heterocycles. The number of amides is 1. The Hall–Kier alpha value is -3.57. The molecule has 1 amide bonds. The Kier molecular flexibility index (Phi) is 5.82. The molecule has 5 heteroatoms. The van der Waals surface area contributed by atoms with Crippen LogP contribution in [0.2, 0.25) is 0 Å². The van der Waals surface area contributed by atoms with Gasteiger partial charge in [-0.25, -0.2) is 5.48 Å². The van der Waals surface area contributed by atoms with Crippen LogP contribution in [0.15, 0.2) is 79.0 Å². The van der Waals surface area contributed by atoms with Crippen molar-refractivity contribution in [3.8, 4) is 11.4 Å². The summed E-state index contributed by atoms with van der Waals surface area (Å²) in [4.78, 5) is 11.4. The molecule has 4 aromatic rings. The number of aromatic nitrogens is 1. The Morgan fingerprint density at radius 1 is 0.867 bits per heavy atom. The summed E-state index contributed by atoms with van der Waals surface area (Å²) in [5, 5.41) is 19.5. The summed E-state index contributed by atoms with van der Waals surface area (Å²) >= 11 is 0. The molecule has 0 atom stereocenters. The number of carbonyl (C=O) groups is 1. The predicted octanol–water partition coefficient (Wildman–Crippen LogP) is 4.56. The Bertz CT molecular complexity index is 1150. The molecule has 5 nitrogen and oxygen atoms in total. The van der Waals surface area contributed by atoms with Gasteiger partial charge in [-0.15, -0.1) is 0 Å². The molecular formula is C25H24N2O3. The first-order chi connectivity index (χ1) is 14.6. The molecule has 152 valence electrons. The summed E-state index contributed by atoms with van der Waals surface area (Å²) in [7, 11) is 0. The summed E-state index contributed by atoms with van der Waals surface area (Å²) in [5.74, 6) is -0.148. The van der Waals surface area contributed by atoms with Crippen LogP contribution in [0.3, 0.4) is 0 Å². The maximum Gasteiger partial charge on any atom is 0.243 e. The van der Waals surface area contributed by atoms with Gasteiger partial charge in [0.05, 0.1) is 5.52 Å². The first kappa shape index (κ1) is 19.7. The highest BCUT2D eigenvalue weighted by molar-refractivity contribution is 5.86. The molecule has 3 N–H and O–H groups in total. The van der Waals surface area contributed by atoms with Gasteiger partial charge in [-0.05, 0) is 72.4 Å². The number of hydrogen-bond acceptors (Lipinski definition) is 3. The van der Waals surface area contributed by atoms with Crippen molar-refractivity contribution in [1.82, 2.24) is 10.0 Å². The van der Waals surface area contributed by atoms with E-state index < -0.39 is 0 Å². The van der Waals surface area contributed by atoms with Crippen molar-refractivity contribution in [1.29, 1.82) is 0 Å². The molecule has 3 aromatic carbocycles. The highest BCUT2D eigenvalue weighted by Gasteiger charge is 2.12. The van der Waals surface area contributed by atoms with Crippen LogP contribution in [0.5, 0.6) is 5.75 Å². The summed E-state index contributed by atoms with van der Waals surface area (Å²) in [5.41, 5.74) is 7.33. The molecule has 0 fully saturated rings. The van der Waals surface area contributed by atoms with Crippen LogP contribution in [-0.4, -0.2) is 20.8 Å². The maximum atomic E-state index is 11.4. The van der Waals surface area contributed by atoms with Gasteiger partial charge in [-0.1, -0.05) is 36.4 Å². The van der Waals surface area contributed by atoms with E-state index in [1.54, 1.807) is 17.6 Å². The van der Waals surface area contributed by atoms with Crippen LogP contribution in [0.4, 0.5) is 0 Å². The van der Waals surface area contributed by atoms with E-state index in [9.17, 15) is 9.90 Å². The summed E-state index contributed by atoms with van der Waals surface area (Å²) in [6, 6.07) is 23.8. The second-order valence-corrected chi connectivity index (χ2v) is 7.41. The van der Waals surface area contributed by atoms with Crippen LogP contribution in [-0.2, 0) is 24.1 Å². The predicted molar refractivity (Wildman–Crippen MR) is 117 cm³/mol. The Balaban J connectivity index is 1.70. The number of phenols is 1. The second kappa shape index (κ2) is 8.84. The number of aromatic hydroxyl groups is 1. The molecule has 0 saturated heterocycles. The normalized spacial score (nSPS) is 11.0. The van der Waals surface area contributed by atoms with E-state index in [1.165, 1.54) is 11.1 Å². The number of rotatable bonds is 7. The zero-order chi connectivity index (χ0) is 20.9. The lowest BCUT2D eigenvalue weighted by atomic mass is 10.0. The minimum Gasteiger partial charge on any atom is -0.508 e. The van der Waals surface area contributed by atoms with Gasteiger partial charge in [-0.3, -0.25) is 10.0 Å². The largest absolute Gasteiger partial charge is 0.508 e. The van der Waals surface area contributed by atoms with Gasteiger partial charge in [0.15, 0.2) is 0 Å². The van der Waals surface area contributed by atoms with Crippen LogP contribution >= 0.6 is 0 Å². The van der Waals surface area contributed by atoms with Gasteiger partial charge >= 0.3 is 0 Å². The average molecular weight is 400 g/mol. The smallest absolute Gasteiger partial charge is 0.243 e. The second-order valence-electron chi connectivity index (χ2n) is 7.41. The van der Waals surface area contributed by atoms with Crippen LogP contribution in [0.1, 0.15) is 23.1 Å². The van der Waals surface area contributed by atoms with Crippen molar-refractivity contribution in [3.05, 3.63) is 95.7 Å². The first-order valence-corrected chi connectivity index (χ1v) is 10.0. The van der Waals surface area contributed by atoms with Crippen molar-refractivity contribution < 1.29 is 15.1 Å². The Morgan fingerprint density at radius 2 is 1.63 bits per heavy atom. The lowest BCUT2D eigenvalue weighted by Crippen LogP contribution is -2.18. The van der Waals surface area contributed by atoms with E-state index >= 15 is 0 Å². The molecule has 0 aliphatic rings. The fraction of sp³-hybridized carbons (Fsp3) is 0.160. The van der Waals surface area contributed by atoms with Crippen molar-refractivity contribution in [3.63, 3.8) is 0 Å². The summed E-state index contributed by atoms with van der Waals surface area (Å²) in [6.45, 7) is 0. The number of fused-ring (bicyclic) bond motifs is 1. The molecule has 0 unspecified atom stereocenters. The highest BCUT2D eigenvalue weighted by Crippen LogP contribution is 2.28. The number of carbonyl (C=O) groups excluding carboxylic acids is 1. The quantitative estimate of drug-likeness (QED) is 0.314. The van der Waals surface area contributed by atoms with Crippen molar-refractivity contribution in [2.24, 2.45) is 0 Å². The fourth-order valence-electron chi connectivity index (χ4n) is 3.76. The monoisotopic (exact) mass is 400 g/mol. The number of benzene rings is 3. The van der Waals surface area contributed by atoms with Gasteiger partial charge in [0.1, 0.15) is 5.75 Å². The minimum absolute atomic E-state index is 0.236. The molecule has 0 aliphatic heterocycles. The zero-order valence-corrected chi connectivity index (χ0v) is 16.6. The van der Waals surface area contributed by atoms with Crippen LogP contribution < -0.4 is 5.48 Å². The molecule has 0 bridgehead atoms. The van der Waals surface area contributed by atoms with E-state index in [0.29, 0.717) is 6.42 Å². The van der Waals surface area contributed by atoms with Gasteiger partial charge < -0.3 is 9.67 Å². The number of phenolic OH excluding ortho intramolecular Hbond substituents is 1. The molecule has 30 heavy (non-hydrogen) atoms. The zero-order valence-electron chi connectivity index (χ0n) is 16.6. The number of hydroxylamine groups is 1. The highest BCUT2D eigenvalue weighted by atomic mass is 16.5. The lowest BCUT2D eigenvalue weighted by molar-refractivity contribution is -0.129. The Labute approximate surface area is 175 Å². The minimum atomic E-state index is -0.388. The SMILES string of the molecule is O=C(CCc1ccc2c(c1)c(CCc1ccccc1)cn2-c1ccc(O)cc1)NO. The van der Waals surface area contributed by atoms with E-state index in [0.717, 1.165) is 35.0 Å². The van der Waals surface area contributed by atoms with Crippen LogP contribution in [0, 0.1) is 0 Å². The van der Waals surface area contributed by atoms with Gasteiger partial charge in [-0.2, -0.15) is 0 Å². The number of nitrogens with one attached hydrogen (secondary N) is 1. The molecule has 0 radical (unpaired) electrons. The third-order valence-corrected chi connectivity index (χ3v) is 5.37. The standard InChI is InChI=1S/C25H24N2O3/c28-22-12-10-21(11-13-22)27-17-20(9-6-18-4-2-1-3-5-18)23-16-19(7-14-24(23)27)8-15-25(29)26-30/h1-5,7,10-14,16-17,28,30H,6,8-9,15H2,(H,26,29). The number of nitrogens with zero attached hydrogens (tertiary/aromatic N) is 1. The lowest BCUT2D eigenvalue weighted by Gasteiger charge is -2.07. The van der Waals surface area contributed by atoms with Crippen LogP contribution in [0.25, 0.3) is 16.6 Å². The average Bonchev–Trinajstić information content (AvgIpc) is 3.15. The van der Waals surface area contributed by atoms with E-state index in [-0.39, 0.29) is 18.1 Å². The van der Waals surface area contributed by atoms with Gasteiger partial charge in [0, 0.05) is 23.7 Å². The summed E-state index contributed by atoms with van der Waals surface area (Å²) in [6.07, 6.45) is 4.79. The van der Waals surface area contributed by atoms with E-state index in [2.05, 4.69) is 47.2 Å². The molecule has 0 spiro atoms. The Morgan fingerprint density at radius 3 is 2.37 bits per heavy atom.